The van der Waals surface area contributed by atoms with Crippen LogP contribution in [0.4, 0.5) is 0 Å². The predicted molar refractivity (Wildman–Crippen MR) is 62.9 cm³/mol. The summed E-state index contributed by atoms with van der Waals surface area (Å²) in [6.07, 6.45) is 2.48. The van der Waals surface area contributed by atoms with Gasteiger partial charge in [-0.2, -0.15) is 0 Å². The van der Waals surface area contributed by atoms with Crippen molar-refractivity contribution in [2.75, 3.05) is 7.05 Å². The van der Waals surface area contributed by atoms with Gasteiger partial charge in [0.1, 0.15) is 0 Å². The van der Waals surface area contributed by atoms with E-state index < -0.39 is 5.97 Å². The van der Waals surface area contributed by atoms with Gasteiger partial charge in [0, 0.05) is 17.6 Å². The summed E-state index contributed by atoms with van der Waals surface area (Å²) >= 11 is 5.89. The number of carboxylic acid groups (broad SMARTS) is 1. The van der Waals surface area contributed by atoms with Gasteiger partial charge in [-0.15, -0.1) is 0 Å². The first-order valence-corrected chi connectivity index (χ1v) is 5.67. The number of hydrogen-bond donors (Lipinski definition) is 1. The number of halogens is 1. The van der Waals surface area contributed by atoms with Crippen LogP contribution in [0.3, 0.4) is 0 Å². The monoisotopic (exact) mass is 239 g/mol. The molecule has 86 valence electrons. The van der Waals surface area contributed by atoms with Gasteiger partial charge in [-0.05, 0) is 43.7 Å². The summed E-state index contributed by atoms with van der Waals surface area (Å²) < 4.78 is 0. The van der Waals surface area contributed by atoms with Crippen molar-refractivity contribution < 1.29 is 9.90 Å². The predicted octanol–water partition coefficient (Wildman–Crippen LogP) is 2.63. The van der Waals surface area contributed by atoms with Crippen LogP contribution < -0.4 is 0 Å². The first kappa shape index (κ1) is 11.4. The largest absolute Gasteiger partial charge is 0.478 e. The summed E-state index contributed by atoms with van der Waals surface area (Å²) in [7, 11) is 2.05. The van der Waals surface area contributed by atoms with Crippen LogP contribution in [0.2, 0.25) is 5.02 Å². The molecule has 0 spiro atoms. The minimum Gasteiger partial charge on any atom is -0.478 e. The van der Waals surface area contributed by atoms with Gasteiger partial charge in [0.2, 0.25) is 0 Å². The molecule has 2 rings (SSSR count). The van der Waals surface area contributed by atoms with Crippen LogP contribution in [0.5, 0.6) is 0 Å². The second kappa shape index (κ2) is 4.44. The molecule has 0 heterocycles. The van der Waals surface area contributed by atoms with Crippen molar-refractivity contribution >= 4 is 17.6 Å². The zero-order valence-electron chi connectivity index (χ0n) is 9.11. The van der Waals surface area contributed by atoms with Crippen molar-refractivity contribution in [3.63, 3.8) is 0 Å². The van der Waals surface area contributed by atoms with Crippen LogP contribution in [0.25, 0.3) is 0 Å². The Morgan fingerprint density at radius 3 is 2.75 bits per heavy atom. The Morgan fingerprint density at radius 2 is 2.19 bits per heavy atom. The summed E-state index contributed by atoms with van der Waals surface area (Å²) in [6.45, 7) is 0.755. The second-order valence-corrected chi connectivity index (χ2v) is 4.74. The van der Waals surface area contributed by atoms with Gasteiger partial charge < -0.3 is 5.11 Å². The van der Waals surface area contributed by atoms with Gasteiger partial charge in [0.25, 0.3) is 0 Å². The summed E-state index contributed by atoms with van der Waals surface area (Å²) in [5, 5.41) is 9.40. The molecule has 0 atom stereocenters. The molecule has 0 unspecified atom stereocenters. The highest BCUT2D eigenvalue weighted by Crippen LogP contribution is 2.27. The van der Waals surface area contributed by atoms with Gasteiger partial charge in [-0.25, -0.2) is 4.79 Å². The highest BCUT2D eigenvalue weighted by atomic mass is 35.5. The summed E-state index contributed by atoms with van der Waals surface area (Å²) in [4.78, 5) is 13.1. The molecule has 0 radical (unpaired) electrons. The van der Waals surface area contributed by atoms with Crippen molar-refractivity contribution in [3.05, 3.63) is 34.3 Å². The van der Waals surface area contributed by atoms with Crippen molar-refractivity contribution in [1.82, 2.24) is 4.90 Å². The maximum atomic E-state index is 10.9. The van der Waals surface area contributed by atoms with Crippen LogP contribution in [0, 0.1) is 0 Å². The van der Waals surface area contributed by atoms with Gasteiger partial charge in [-0.3, -0.25) is 4.90 Å². The third-order valence-electron chi connectivity index (χ3n) is 2.81. The normalized spacial score (nSPS) is 15.4. The standard InChI is InChI=1S/C12H14ClNO2/c1-14(11-2-3-11)7-8-4-9(12(15)16)6-10(13)5-8/h4-6,11H,2-3,7H2,1H3,(H,15,16). The zero-order chi connectivity index (χ0) is 11.7. The Morgan fingerprint density at radius 1 is 1.50 bits per heavy atom. The lowest BCUT2D eigenvalue weighted by Crippen LogP contribution is -2.20. The lowest BCUT2D eigenvalue weighted by molar-refractivity contribution is 0.0696. The first-order chi connectivity index (χ1) is 7.56. The molecule has 1 aromatic carbocycles. The minimum absolute atomic E-state index is 0.256. The number of aromatic carboxylic acids is 1. The first-order valence-electron chi connectivity index (χ1n) is 5.29. The maximum Gasteiger partial charge on any atom is 0.335 e. The molecule has 0 aliphatic heterocycles. The fraction of sp³-hybridized carbons (Fsp3) is 0.417. The van der Waals surface area contributed by atoms with Gasteiger partial charge in [0.15, 0.2) is 0 Å². The van der Waals surface area contributed by atoms with E-state index in [2.05, 4.69) is 11.9 Å². The molecule has 0 saturated heterocycles. The van der Waals surface area contributed by atoms with Crippen molar-refractivity contribution in [3.8, 4) is 0 Å². The number of carbonyl (C=O) groups is 1. The third kappa shape index (κ3) is 2.74. The Bertz CT molecular complexity index is 415. The molecule has 1 aliphatic rings. The molecule has 16 heavy (non-hydrogen) atoms. The van der Waals surface area contributed by atoms with Crippen LogP contribution >= 0.6 is 11.6 Å². The fourth-order valence-electron chi connectivity index (χ4n) is 1.80. The molecule has 1 fully saturated rings. The maximum absolute atomic E-state index is 10.9. The molecule has 3 nitrogen and oxygen atoms in total. The SMILES string of the molecule is CN(Cc1cc(Cl)cc(C(=O)O)c1)C1CC1. The zero-order valence-corrected chi connectivity index (χ0v) is 9.87. The highest BCUT2D eigenvalue weighted by molar-refractivity contribution is 6.31. The van der Waals surface area contributed by atoms with E-state index in [9.17, 15) is 4.79 Å². The Hall–Kier alpha value is -1.06. The van der Waals surface area contributed by atoms with Crippen LogP contribution in [-0.4, -0.2) is 29.1 Å². The number of carboxylic acids is 1. The van der Waals surface area contributed by atoms with E-state index in [1.807, 2.05) is 6.07 Å². The smallest absolute Gasteiger partial charge is 0.335 e. The van der Waals surface area contributed by atoms with Crippen LogP contribution in [0.15, 0.2) is 18.2 Å². The Kier molecular flexibility index (Phi) is 3.17. The van der Waals surface area contributed by atoms with E-state index in [4.69, 9.17) is 16.7 Å². The number of hydrogen-bond acceptors (Lipinski definition) is 2. The summed E-state index contributed by atoms with van der Waals surface area (Å²) in [6, 6.07) is 5.65. The van der Waals surface area contributed by atoms with Gasteiger partial charge >= 0.3 is 5.97 Å². The lowest BCUT2D eigenvalue weighted by Gasteiger charge is -2.16. The molecule has 0 amide bonds. The Balaban J connectivity index is 2.16. The molecular weight excluding hydrogens is 226 g/mol. The topological polar surface area (TPSA) is 40.5 Å². The third-order valence-corrected chi connectivity index (χ3v) is 3.02. The fourth-order valence-corrected chi connectivity index (χ4v) is 2.06. The van der Waals surface area contributed by atoms with Crippen LogP contribution in [-0.2, 0) is 6.54 Å². The highest BCUT2D eigenvalue weighted by Gasteiger charge is 2.26. The van der Waals surface area contributed by atoms with E-state index in [-0.39, 0.29) is 5.56 Å². The molecule has 0 bridgehead atoms. The summed E-state index contributed by atoms with van der Waals surface area (Å²) in [5.74, 6) is -0.933. The quantitative estimate of drug-likeness (QED) is 0.878. The van der Waals surface area contributed by atoms with Gasteiger partial charge in [0.05, 0.1) is 5.56 Å². The molecule has 1 saturated carbocycles. The average Bonchev–Trinajstić information content (AvgIpc) is 2.99. The average molecular weight is 240 g/mol. The van der Waals surface area contributed by atoms with Crippen molar-refractivity contribution in [2.24, 2.45) is 0 Å². The number of benzene rings is 1. The molecule has 1 N–H and O–H groups in total. The van der Waals surface area contributed by atoms with E-state index in [1.54, 1.807) is 6.07 Å². The van der Waals surface area contributed by atoms with E-state index in [0.717, 1.165) is 12.1 Å². The summed E-state index contributed by atoms with van der Waals surface area (Å²) in [5.41, 5.74) is 1.21. The number of nitrogens with zero attached hydrogens (tertiary/aromatic N) is 1. The van der Waals surface area contributed by atoms with Gasteiger partial charge in [-0.1, -0.05) is 11.6 Å². The second-order valence-electron chi connectivity index (χ2n) is 4.30. The van der Waals surface area contributed by atoms with E-state index in [0.29, 0.717) is 11.1 Å². The van der Waals surface area contributed by atoms with Crippen molar-refractivity contribution in [2.45, 2.75) is 25.4 Å². The lowest BCUT2D eigenvalue weighted by atomic mass is 10.1. The van der Waals surface area contributed by atoms with Crippen LogP contribution in [0.1, 0.15) is 28.8 Å². The Labute approximate surface area is 99.6 Å². The molecule has 1 aromatic rings. The van der Waals surface area contributed by atoms with E-state index in [1.165, 1.54) is 18.9 Å². The minimum atomic E-state index is -0.933. The molecule has 1 aliphatic carbocycles. The number of rotatable bonds is 4. The van der Waals surface area contributed by atoms with Crippen molar-refractivity contribution in [1.29, 1.82) is 0 Å². The molecular formula is C12H14ClNO2. The molecule has 4 heteroatoms. The molecule has 0 aromatic heterocycles. The van der Waals surface area contributed by atoms with E-state index >= 15 is 0 Å².